The van der Waals surface area contributed by atoms with Crippen molar-refractivity contribution < 1.29 is 14.2 Å². The van der Waals surface area contributed by atoms with Crippen LogP contribution in [-0.4, -0.2) is 51.0 Å². The van der Waals surface area contributed by atoms with Crippen LogP contribution in [0.5, 0.6) is 0 Å². The maximum atomic E-state index is 13.4. The summed E-state index contributed by atoms with van der Waals surface area (Å²) in [5.74, 6) is 0.587. The van der Waals surface area contributed by atoms with Gasteiger partial charge < -0.3 is 20.5 Å². The van der Waals surface area contributed by atoms with Crippen molar-refractivity contribution >= 4 is 29.9 Å². The Morgan fingerprint density at radius 3 is 2.38 bits per heavy atom. The van der Waals surface area contributed by atoms with E-state index in [9.17, 15) is 9.50 Å². The molecule has 2 fully saturated rings. The van der Waals surface area contributed by atoms with Crippen molar-refractivity contribution in [3.63, 3.8) is 0 Å². The Morgan fingerprint density at radius 1 is 1.10 bits per heavy atom. The molecule has 1 aromatic carbocycles. The first kappa shape index (κ1) is 24.3. The fourth-order valence-corrected chi connectivity index (χ4v) is 4.66. The highest BCUT2D eigenvalue weighted by Crippen LogP contribution is 2.39. The fourth-order valence-electron chi connectivity index (χ4n) is 4.66. The highest BCUT2D eigenvalue weighted by atomic mass is 127. The first-order chi connectivity index (χ1) is 13.6. The second-order valence-electron chi connectivity index (χ2n) is 8.40. The van der Waals surface area contributed by atoms with Crippen molar-refractivity contribution in [2.75, 3.05) is 40.0 Å². The van der Waals surface area contributed by atoms with E-state index >= 15 is 0 Å². The number of halogens is 2. The molecule has 0 amide bonds. The number of nitrogens with one attached hydrogen (secondary N) is 2. The van der Waals surface area contributed by atoms with E-state index in [2.05, 4.69) is 15.6 Å². The van der Waals surface area contributed by atoms with Crippen LogP contribution < -0.4 is 10.6 Å². The number of ether oxygens (including phenoxy) is 1. The van der Waals surface area contributed by atoms with Gasteiger partial charge in [0.15, 0.2) is 5.96 Å². The maximum absolute atomic E-state index is 13.4. The smallest absolute Gasteiger partial charge is 0.191 e. The Balaban J connectivity index is 0.00000300. The molecule has 164 valence electrons. The van der Waals surface area contributed by atoms with E-state index in [-0.39, 0.29) is 47.2 Å². The SMILES string of the molecule is CN=C(NCC1(CCO)CCOC1)NCC1(c2ccc(F)cc2)CCCCC1.I. The maximum Gasteiger partial charge on any atom is 0.191 e. The molecule has 7 heteroatoms. The molecule has 1 atom stereocenters. The number of aliphatic imine (C=N–C) groups is 1. The minimum absolute atomic E-state index is 0. The van der Waals surface area contributed by atoms with Crippen LogP contribution >= 0.6 is 24.0 Å². The van der Waals surface area contributed by atoms with Gasteiger partial charge in [-0.05, 0) is 43.4 Å². The van der Waals surface area contributed by atoms with Gasteiger partial charge in [-0.15, -0.1) is 24.0 Å². The van der Waals surface area contributed by atoms with Crippen LogP contribution in [0, 0.1) is 11.2 Å². The molecule has 0 spiro atoms. The van der Waals surface area contributed by atoms with Gasteiger partial charge in [0, 0.05) is 44.2 Å². The van der Waals surface area contributed by atoms with Crippen molar-refractivity contribution in [2.45, 2.75) is 50.4 Å². The summed E-state index contributed by atoms with van der Waals surface area (Å²) < 4.78 is 19.0. The molecule has 3 rings (SSSR count). The fraction of sp³-hybridized carbons (Fsp3) is 0.682. The first-order valence-corrected chi connectivity index (χ1v) is 10.5. The van der Waals surface area contributed by atoms with Gasteiger partial charge in [0.2, 0.25) is 0 Å². The number of guanidine groups is 1. The van der Waals surface area contributed by atoms with E-state index in [1.54, 1.807) is 19.2 Å². The summed E-state index contributed by atoms with van der Waals surface area (Å²) in [6.07, 6.45) is 7.55. The van der Waals surface area contributed by atoms with Crippen LogP contribution in [-0.2, 0) is 10.2 Å². The Labute approximate surface area is 190 Å². The Hall–Kier alpha value is -0.930. The standard InChI is InChI=1S/C22H34FN3O2.HI/c1-24-20(25-15-21(11-13-27)12-14-28-17-21)26-16-22(9-3-2-4-10-22)18-5-7-19(23)8-6-18;/h5-8,27H,2-4,9-17H2,1H3,(H2,24,25,26);1H. The molecule has 0 bridgehead atoms. The van der Waals surface area contributed by atoms with Gasteiger partial charge in [-0.25, -0.2) is 4.39 Å². The Morgan fingerprint density at radius 2 is 1.79 bits per heavy atom. The molecular weight excluding hydrogens is 484 g/mol. The van der Waals surface area contributed by atoms with Crippen LogP contribution in [0.4, 0.5) is 4.39 Å². The van der Waals surface area contributed by atoms with Gasteiger partial charge in [-0.1, -0.05) is 31.4 Å². The second-order valence-corrected chi connectivity index (χ2v) is 8.40. The Bertz CT molecular complexity index is 642. The molecule has 3 N–H and O–H groups in total. The third-order valence-corrected chi connectivity index (χ3v) is 6.54. The quantitative estimate of drug-likeness (QED) is 0.293. The predicted molar refractivity (Wildman–Crippen MR) is 126 cm³/mol. The second kappa shape index (κ2) is 11.5. The zero-order valence-corrected chi connectivity index (χ0v) is 19.7. The third-order valence-electron chi connectivity index (χ3n) is 6.54. The molecule has 0 aromatic heterocycles. The lowest BCUT2D eigenvalue weighted by molar-refractivity contribution is 0.127. The minimum atomic E-state index is -0.187. The summed E-state index contributed by atoms with van der Waals surface area (Å²) in [4.78, 5) is 4.39. The van der Waals surface area contributed by atoms with Gasteiger partial charge >= 0.3 is 0 Å². The van der Waals surface area contributed by atoms with E-state index in [0.717, 1.165) is 51.3 Å². The number of aliphatic hydroxyl groups is 1. The summed E-state index contributed by atoms with van der Waals surface area (Å²) >= 11 is 0. The molecule has 1 aromatic rings. The summed E-state index contributed by atoms with van der Waals surface area (Å²) in [5, 5.41) is 16.4. The van der Waals surface area contributed by atoms with Crippen LogP contribution in [0.2, 0.25) is 0 Å². The highest BCUT2D eigenvalue weighted by molar-refractivity contribution is 14.0. The average molecular weight is 519 g/mol. The summed E-state index contributed by atoms with van der Waals surface area (Å²) in [6.45, 7) is 3.11. The molecule has 1 aliphatic heterocycles. The minimum Gasteiger partial charge on any atom is -0.396 e. The van der Waals surface area contributed by atoms with E-state index < -0.39 is 0 Å². The largest absolute Gasteiger partial charge is 0.396 e. The highest BCUT2D eigenvalue weighted by Gasteiger charge is 2.36. The molecule has 0 radical (unpaired) electrons. The average Bonchev–Trinajstić information content (AvgIpc) is 3.18. The number of hydrogen-bond acceptors (Lipinski definition) is 3. The number of aliphatic hydroxyl groups excluding tert-OH is 1. The molecule has 1 saturated heterocycles. The molecule has 1 heterocycles. The van der Waals surface area contributed by atoms with Crippen LogP contribution in [0.3, 0.4) is 0 Å². The zero-order valence-electron chi connectivity index (χ0n) is 17.4. The topological polar surface area (TPSA) is 65.9 Å². The van der Waals surface area contributed by atoms with Gasteiger partial charge in [0.1, 0.15) is 5.82 Å². The van der Waals surface area contributed by atoms with Crippen LogP contribution in [0.15, 0.2) is 29.3 Å². The molecule has 5 nitrogen and oxygen atoms in total. The molecular formula is C22H35FIN3O2. The van der Waals surface area contributed by atoms with Crippen LogP contribution in [0.1, 0.15) is 50.5 Å². The van der Waals surface area contributed by atoms with Crippen molar-refractivity contribution in [2.24, 2.45) is 10.4 Å². The van der Waals surface area contributed by atoms with Gasteiger partial charge in [0.05, 0.1) is 6.61 Å². The van der Waals surface area contributed by atoms with Gasteiger partial charge in [0.25, 0.3) is 0 Å². The predicted octanol–water partition coefficient (Wildman–Crippen LogP) is 3.60. The molecule has 1 saturated carbocycles. The number of hydrogen-bond donors (Lipinski definition) is 3. The monoisotopic (exact) mass is 519 g/mol. The lowest BCUT2D eigenvalue weighted by Gasteiger charge is -2.38. The zero-order chi connectivity index (χ0) is 19.9. The van der Waals surface area contributed by atoms with E-state index in [4.69, 9.17) is 4.74 Å². The summed E-state index contributed by atoms with van der Waals surface area (Å²) in [5.41, 5.74) is 1.20. The van der Waals surface area contributed by atoms with Crippen LogP contribution in [0.25, 0.3) is 0 Å². The van der Waals surface area contributed by atoms with Gasteiger partial charge in [-0.2, -0.15) is 0 Å². The van der Waals surface area contributed by atoms with E-state index in [1.165, 1.54) is 24.8 Å². The van der Waals surface area contributed by atoms with Gasteiger partial charge in [-0.3, -0.25) is 4.99 Å². The number of rotatable bonds is 7. The molecule has 29 heavy (non-hydrogen) atoms. The molecule has 1 unspecified atom stereocenters. The van der Waals surface area contributed by atoms with Crippen molar-refractivity contribution in [1.29, 1.82) is 0 Å². The van der Waals surface area contributed by atoms with E-state index in [1.807, 2.05) is 12.1 Å². The van der Waals surface area contributed by atoms with Crippen molar-refractivity contribution in [3.8, 4) is 0 Å². The summed E-state index contributed by atoms with van der Waals surface area (Å²) in [7, 11) is 1.78. The number of nitrogens with zero attached hydrogens (tertiary/aromatic N) is 1. The van der Waals surface area contributed by atoms with Crippen molar-refractivity contribution in [3.05, 3.63) is 35.6 Å². The van der Waals surface area contributed by atoms with E-state index in [0.29, 0.717) is 6.61 Å². The third kappa shape index (κ3) is 6.28. The lowest BCUT2D eigenvalue weighted by Crippen LogP contribution is -2.49. The molecule has 2 aliphatic rings. The molecule has 1 aliphatic carbocycles. The first-order valence-electron chi connectivity index (χ1n) is 10.5. The lowest BCUT2D eigenvalue weighted by atomic mass is 9.69. The number of benzene rings is 1. The Kier molecular flexibility index (Phi) is 9.62. The summed E-state index contributed by atoms with van der Waals surface area (Å²) in [6, 6.07) is 7.00. The normalized spacial score (nSPS) is 24.0. The van der Waals surface area contributed by atoms with Crippen molar-refractivity contribution in [1.82, 2.24) is 10.6 Å².